The molecule has 7 heteroatoms. The molecule has 6 nitrogen and oxygen atoms in total. The molecular formula is C16H16N2O4S. The molecule has 2 N–H and O–H groups in total. The third kappa shape index (κ3) is 3.35. The standard InChI is InChI=1S/C16H16N2O4S/c1-2-11-3-6-13(7-4-11)23(20,21)17-10-12-5-8-15-14(9-12)18-16(19)22-15/h3-9,17H,2,10H2,1H3,(H,18,19). The van der Waals surface area contributed by atoms with Gasteiger partial charge >= 0.3 is 5.76 Å². The van der Waals surface area contributed by atoms with Gasteiger partial charge in [0.05, 0.1) is 10.4 Å². The van der Waals surface area contributed by atoms with Gasteiger partial charge in [-0.05, 0) is 41.8 Å². The Balaban J connectivity index is 1.77. The molecule has 0 fully saturated rings. The van der Waals surface area contributed by atoms with Crippen LogP contribution >= 0.6 is 0 Å². The van der Waals surface area contributed by atoms with Gasteiger partial charge in [-0.3, -0.25) is 4.98 Å². The highest BCUT2D eigenvalue weighted by atomic mass is 32.2. The summed E-state index contributed by atoms with van der Waals surface area (Å²) in [6, 6.07) is 11.8. The number of fused-ring (bicyclic) bond motifs is 1. The fourth-order valence-electron chi connectivity index (χ4n) is 2.28. The van der Waals surface area contributed by atoms with E-state index in [1.165, 1.54) is 0 Å². The van der Waals surface area contributed by atoms with Crippen LogP contribution in [-0.2, 0) is 23.0 Å². The van der Waals surface area contributed by atoms with E-state index in [0.717, 1.165) is 17.5 Å². The molecule has 0 saturated heterocycles. The van der Waals surface area contributed by atoms with Crippen molar-refractivity contribution in [1.82, 2.24) is 9.71 Å². The fourth-order valence-corrected chi connectivity index (χ4v) is 3.29. The van der Waals surface area contributed by atoms with E-state index >= 15 is 0 Å². The van der Waals surface area contributed by atoms with Crippen LogP contribution in [0.1, 0.15) is 18.1 Å². The zero-order chi connectivity index (χ0) is 16.4. The van der Waals surface area contributed by atoms with Crippen LogP contribution in [0, 0.1) is 0 Å². The van der Waals surface area contributed by atoms with Crippen LogP contribution in [0.25, 0.3) is 11.1 Å². The lowest BCUT2D eigenvalue weighted by Gasteiger charge is -2.07. The van der Waals surface area contributed by atoms with Crippen LogP contribution in [0.5, 0.6) is 0 Å². The molecule has 0 radical (unpaired) electrons. The lowest BCUT2D eigenvalue weighted by molar-refractivity contribution is 0.555. The van der Waals surface area contributed by atoms with E-state index in [1.54, 1.807) is 42.5 Å². The number of H-pyrrole nitrogens is 1. The molecule has 0 aliphatic rings. The number of aryl methyl sites for hydroxylation is 1. The van der Waals surface area contributed by atoms with E-state index < -0.39 is 15.8 Å². The van der Waals surface area contributed by atoms with Crippen LogP contribution in [0.2, 0.25) is 0 Å². The van der Waals surface area contributed by atoms with Gasteiger partial charge in [0.1, 0.15) is 0 Å². The third-order valence-corrected chi connectivity index (χ3v) is 5.01. The molecule has 3 rings (SSSR count). The molecule has 0 aliphatic carbocycles. The van der Waals surface area contributed by atoms with Gasteiger partial charge in [0.15, 0.2) is 5.58 Å². The molecule has 120 valence electrons. The molecule has 1 aromatic heterocycles. The van der Waals surface area contributed by atoms with E-state index in [1.807, 2.05) is 6.92 Å². The molecule has 0 unspecified atom stereocenters. The number of aromatic nitrogens is 1. The first kappa shape index (κ1) is 15.5. The van der Waals surface area contributed by atoms with Crippen molar-refractivity contribution in [2.45, 2.75) is 24.8 Å². The SMILES string of the molecule is CCc1ccc(S(=O)(=O)NCc2ccc3oc(=O)[nH]c3c2)cc1. The van der Waals surface area contributed by atoms with Crippen molar-refractivity contribution < 1.29 is 12.8 Å². The van der Waals surface area contributed by atoms with Crippen LogP contribution in [0.3, 0.4) is 0 Å². The molecule has 0 saturated carbocycles. The molecule has 0 atom stereocenters. The van der Waals surface area contributed by atoms with E-state index in [2.05, 4.69) is 9.71 Å². The van der Waals surface area contributed by atoms with Gasteiger partial charge in [-0.15, -0.1) is 0 Å². The maximum atomic E-state index is 12.3. The van der Waals surface area contributed by atoms with Gasteiger partial charge < -0.3 is 4.42 Å². The Kier molecular flexibility index (Phi) is 4.06. The molecule has 3 aromatic rings. The summed E-state index contributed by atoms with van der Waals surface area (Å²) in [4.78, 5) is 13.9. The second kappa shape index (κ2) is 6.02. The second-order valence-electron chi connectivity index (χ2n) is 5.17. The van der Waals surface area contributed by atoms with Crippen LogP contribution < -0.4 is 10.5 Å². The molecule has 0 amide bonds. The van der Waals surface area contributed by atoms with Crippen molar-refractivity contribution in [1.29, 1.82) is 0 Å². The Morgan fingerprint density at radius 1 is 1.09 bits per heavy atom. The van der Waals surface area contributed by atoms with Crippen molar-refractivity contribution in [3.05, 3.63) is 64.1 Å². The monoisotopic (exact) mass is 332 g/mol. The summed E-state index contributed by atoms with van der Waals surface area (Å²) >= 11 is 0. The molecule has 1 heterocycles. The summed E-state index contributed by atoms with van der Waals surface area (Å²) in [6.07, 6.45) is 0.858. The summed E-state index contributed by atoms with van der Waals surface area (Å²) in [5.74, 6) is -0.534. The maximum Gasteiger partial charge on any atom is 0.417 e. The maximum absolute atomic E-state index is 12.3. The highest BCUT2D eigenvalue weighted by molar-refractivity contribution is 7.89. The van der Waals surface area contributed by atoms with Crippen molar-refractivity contribution in [2.24, 2.45) is 0 Å². The number of sulfonamides is 1. The van der Waals surface area contributed by atoms with Crippen LogP contribution in [0.4, 0.5) is 0 Å². The minimum Gasteiger partial charge on any atom is -0.408 e. The first-order valence-corrected chi connectivity index (χ1v) is 8.66. The van der Waals surface area contributed by atoms with E-state index in [0.29, 0.717) is 11.1 Å². The van der Waals surface area contributed by atoms with E-state index in [-0.39, 0.29) is 11.4 Å². The zero-order valence-electron chi connectivity index (χ0n) is 12.5. The van der Waals surface area contributed by atoms with Gasteiger partial charge in [-0.25, -0.2) is 17.9 Å². The van der Waals surface area contributed by atoms with Gasteiger partial charge in [0.2, 0.25) is 10.0 Å². The average Bonchev–Trinajstić information content (AvgIpc) is 2.92. The lowest BCUT2D eigenvalue weighted by Crippen LogP contribution is -2.23. The van der Waals surface area contributed by atoms with Crippen LogP contribution in [-0.4, -0.2) is 13.4 Å². The molecule has 23 heavy (non-hydrogen) atoms. The fraction of sp³-hybridized carbons (Fsp3) is 0.188. The number of hydrogen-bond donors (Lipinski definition) is 2. The topological polar surface area (TPSA) is 92.2 Å². The number of oxazole rings is 1. The normalized spacial score (nSPS) is 11.9. The molecular weight excluding hydrogens is 316 g/mol. The molecule has 0 aliphatic heterocycles. The van der Waals surface area contributed by atoms with Crippen molar-refractivity contribution in [3.63, 3.8) is 0 Å². The van der Waals surface area contributed by atoms with E-state index in [9.17, 15) is 13.2 Å². The van der Waals surface area contributed by atoms with E-state index in [4.69, 9.17) is 4.42 Å². The zero-order valence-corrected chi connectivity index (χ0v) is 13.3. The minimum absolute atomic E-state index is 0.126. The average molecular weight is 332 g/mol. The summed E-state index contributed by atoms with van der Waals surface area (Å²) in [6.45, 7) is 2.14. The summed E-state index contributed by atoms with van der Waals surface area (Å²) in [5, 5.41) is 0. The quantitative estimate of drug-likeness (QED) is 0.749. The second-order valence-corrected chi connectivity index (χ2v) is 6.93. The number of benzene rings is 2. The highest BCUT2D eigenvalue weighted by Crippen LogP contribution is 2.14. The Hall–Kier alpha value is -2.38. The number of rotatable bonds is 5. The summed E-state index contributed by atoms with van der Waals surface area (Å²) < 4.78 is 32.0. The van der Waals surface area contributed by atoms with Gasteiger partial charge in [0.25, 0.3) is 0 Å². The van der Waals surface area contributed by atoms with Crippen molar-refractivity contribution >= 4 is 21.1 Å². The number of nitrogens with one attached hydrogen (secondary N) is 2. The summed E-state index contributed by atoms with van der Waals surface area (Å²) in [7, 11) is -3.58. The Morgan fingerprint density at radius 3 is 2.48 bits per heavy atom. The van der Waals surface area contributed by atoms with Crippen molar-refractivity contribution in [2.75, 3.05) is 0 Å². The molecule has 0 spiro atoms. The van der Waals surface area contributed by atoms with Gasteiger partial charge in [-0.1, -0.05) is 25.1 Å². The first-order valence-electron chi connectivity index (χ1n) is 7.18. The Morgan fingerprint density at radius 2 is 1.78 bits per heavy atom. The number of hydrogen-bond acceptors (Lipinski definition) is 4. The van der Waals surface area contributed by atoms with Gasteiger partial charge in [-0.2, -0.15) is 0 Å². The largest absolute Gasteiger partial charge is 0.417 e. The summed E-state index contributed by atoms with van der Waals surface area (Å²) in [5.41, 5.74) is 2.79. The Labute approximate surface area is 133 Å². The first-order chi connectivity index (χ1) is 11.0. The third-order valence-electron chi connectivity index (χ3n) is 3.59. The molecule has 2 aromatic carbocycles. The van der Waals surface area contributed by atoms with Crippen molar-refractivity contribution in [3.8, 4) is 0 Å². The van der Waals surface area contributed by atoms with Gasteiger partial charge in [0, 0.05) is 6.54 Å². The Bertz CT molecular complexity index is 985. The molecule has 0 bridgehead atoms. The van der Waals surface area contributed by atoms with Crippen LogP contribution in [0.15, 0.2) is 56.6 Å². The predicted molar refractivity (Wildman–Crippen MR) is 86.7 cm³/mol. The minimum atomic E-state index is -3.58. The lowest BCUT2D eigenvalue weighted by atomic mass is 10.2. The highest BCUT2D eigenvalue weighted by Gasteiger charge is 2.13. The predicted octanol–water partition coefficient (Wildman–Crippen LogP) is 2.16. The number of aromatic amines is 1. The smallest absolute Gasteiger partial charge is 0.408 e.